The van der Waals surface area contributed by atoms with Crippen molar-refractivity contribution in [3.63, 3.8) is 0 Å². The first-order chi connectivity index (χ1) is 8.82. The standard InChI is InChI=1S/C14H23NO2S/c1-3-15-13(12-5-10-18-11-12)14(17-4-2)6-8-16-9-7-14/h5,10-11,13,15H,3-4,6-9H2,1-2H3. The van der Waals surface area contributed by atoms with Crippen molar-refractivity contribution in [3.8, 4) is 0 Å². The minimum Gasteiger partial charge on any atom is -0.381 e. The molecule has 1 unspecified atom stereocenters. The number of hydrogen-bond acceptors (Lipinski definition) is 4. The van der Waals surface area contributed by atoms with Gasteiger partial charge in [0.25, 0.3) is 0 Å². The summed E-state index contributed by atoms with van der Waals surface area (Å²) in [5, 5.41) is 7.97. The Labute approximate surface area is 113 Å². The number of likely N-dealkylation sites (N-methyl/N-ethyl adjacent to an activating group) is 1. The molecule has 1 atom stereocenters. The van der Waals surface area contributed by atoms with Crippen molar-refractivity contribution in [2.75, 3.05) is 26.4 Å². The molecule has 2 heterocycles. The Hall–Kier alpha value is -0.420. The second kappa shape index (κ2) is 6.66. The highest BCUT2D eigenvalue weighted by molar-refractivity contribution is 7.07. The lowest BCUT2D eigenvalue weighted by atomic mass is 9.83. The van der Waals surface area contributed by atoms with Crippen molar-refractivity contribution in [2.24, 2.45) is 0 Å². The van der Waals surface area contributed by atoms with Gasteiger partial charge in [-0.2, -0.15) is 11.3 Å². The van der Waals surface area contributed by atoms with E-state index in [0.29, 0.717) is 0 Å². The molecule has 1 N–H and O–H groups in total. The van der Waals surface area contributed by atoms with Crippen LogP contribution in [0.1, 0.15) is 38.3 Å². The maximum absolute atomic E-state index is 6.17. The van der Waals surface area contributed by atoms with Crippen LogP contribution in [0.15, 0.2) is 16.8 Å². The lowest BCUT2D eigenvalue weighted by molar-refractivity contribution is -0.127. The molecule has 0 aliphatic carbocycles. The van der Waals surface area contributed by atoms with Crippen LogP contribution in [0.2, 0.25) is 0 Å². The molecule has 0 bridgehead atoms. The minimum absolute atomic E-state index is 0.107. The SMILES string of the molecule is CCNC(c1ccsc1)C1(OCC)CCOCC1. The summed E-state index contributed by atoms with van der Waals surface area (Å²) < 4.78 is 11.7. The highest BCUT2D eigenvalue weighted by atomic mass is 32.1. The smallest absolute Gasteiger partial charge is 0.0920 e. The molecule has 0 saturated carbocycles. The third-order valence-corrected chi connectivity index (χ3v) is 4.28. The van der Waals surface area contributed by atoms with E-state index in [-0.39, 0.29) is 11.6 Å². The van der Waals surface area contributed by atoms with Crippen LogP contribution in [0.25, 0.3) is 0 Å². The predicted molar refractivity (Wildman–Crippen MR) is 75.1 cm³/mol. The number of ether oxygens (including phenoxy) is 2. The summed E-state index contributed by atoms with van der Waals surface area (Å²) >= 11 is 1.75. The van der Waals surface area contributed by atoms with Crippen molar-refractivity contribution < 1.29 is 9.47 Å². The van der Waals surface area contributed by atoms with Gasteiger partial charge in [0.05, 0.1) is 11.6 Å². The Kier molecular flexibility index (Phi) is 5.18. The number of hydrogen-bond donors (Lipinski definition) is 1. The summed E-state index contributed by atoms with van der Waals surface area (Å²) in [6, 6.07) is 2.48. The van der Waals surface area contributed by atoms with Gasteiger partial charge < -0.3 is 14.8 Å². The molecule has 1 aromatic rings. The molecule has 0 spiro atoms. The van der Waals surface area contributed by atoms with Crippen LogP contribution in [0.3, 0.4) is 0 Å². The van der Waals surface area contributed by atoms with E-state index in [2.05, 4.69) is 36.0 Å². The van der Waals surface area contributed by atoms with Gasteiger partial charge in [0.1, 0.15) is 0 Å². The van der Waals surface area contributed by atoms with Crippen molar-refractivity contribution in [1.82, 2.24) is 5.32 Å². The quantitative estimate of drug-likeness (QED) is 0.861. The Morgan fingerprint density at radius 1 is 1.44 bits per heavy atom. The van der Waals surface area contributed by atoms with Crippen LogP contribution in [0.4, 0.5) is 0 Å². The summed E-state index contributed by atoms with van der Waals surface area (Å²) in [5.41, 5.74) is 1.24. The summed E-state index contributed by atoms with van der Waals surface area (Å²) in [6.45, 7) is 7.53. The highest BCUT2D eigenvalue weighted by Gasteiger charge is 2.41. The largest absolute Gasteiger partial charge is 0.381 e. The monoisotopic (exact) mass is 269 g/mol. The first kappa shape index (κ1) is 14.0. The molecule has 1 fully saturated rings. The second-order valence-corrected chi connectivity index (χ2v) is 5.44. The first-order valence-electron chi connectivity index (χ1n) is 6.79. The van der Waals surface area contributed by atoms with Crippen LogP contribution in [0.5, 0.6) is 0 Å². The fourth-order valence-electron chi connectivity index (χ4n) is 2.77. The average Bonchev–Trinajstić information content (AvgIpc) is 2.91. The van der Waals surface area contributed by atoms with E-state index in [9.17, 15) is 0 Å². The topological polar surface area (TPSA) is 30.5 Å². The minimum atomic E-state index is -0.107. The zero-order chi connectivity index (χ0) is 12.8. The van der Waals surface area contributed by atoms with Gasteiger partial charge in [0.15, 0.2) is 0 Å². The summed E-state index contributed by atoms with van der Waals surface area (Å²) in [4.78, 5) is 0. The van der Waals surface area contributed by atoms with Gasteiger partial charge in [-0.3, -0.25) is 0 Å². The fraction of sp³-hybridized carbons (Fsp3) is 0.714. The normalized spacial score (nSPS) is 20.8. The van der Waals surface area contributed by atoms with Crippen LogP contribution in [-0.4, -0.2) is 32.0 Å². The Morgan fingerprint density at radius 3 is 2.78 bits per heavy atom. The van der Waals surface area contributed by atoms with Crippen molar-refractivity contribution >= 4 is 11.3 Å². The van der Waals surface area contributed by atoms with E-state index >= 15 is 0 Å². The molecule has 3 nitrogen and oxygen atoms in total. The molecule has 2 rings (SSSR count). The lowest BCUT2D eigenvalue weighted by Crippen LogP contribution is -2.49. The van der Waals surface area contributed by atoms with Gasteiger partial charge in [-0.25, -0.2) is 0 Å². The van der Waals surface area contributed by atoms with E-state index in [1.54, 1.807) is 11.3 Å². The molecular weight excluding hydrogens is 246 g/mol. The molecule has 0 amide bonds. The number of nitrogens with one attached hydrogen (secondary N) is 1. The van der Waals surface area contributed by atoms with Crippen molar-refractivity contribution in [3.05, 3.63) is 22.4 Å². The van der Waals surface area contributed by atoms with E-state index in [1.807, 2.05) is 0 Å². The highest BCUT2D eigenvalue weighted by Crippen LogP contribution is 2.38. The van der Waals surface area contributed by atoms with E-state index < -0.39 is 0 Å². The molecule has 1 aliphatic rings. The fourth-order valence-corrected chi connectivity index (χ4v) is 3.46. The lowest BCUT2D eigenvalue weighted by Gasteiger charge is -2.43. The third kappa shape index (κ3) is 2.94. The van der Waals surface area contributed by atoms with E-state index in [1.165, 1.54) is 5.56 Å². The first-order valence-corrected chi connectivity index (χ1v) is 7.74. The third-order valence-electron chi connectivity index (χ3n) is 3.58. The predicted octanol–water partition coefficient (Wildman–Crippen LogP) is 2.98. The molecule has 18 heavy (non-hydrogen) atoms. The van der Waals surface area contributed by atoms with Crippen LogP contribution >= 0.6 is 11.3 Å². The van der Waals surface area contributed by atoms with Crippen molar-refractivity contribution in [1.29, 1.82) is 0 Å². The molecule has 102 valence electrons. The van der Waals surface area contributed by atoms with Gasteiger partial charge >= 0.3 is 0 Å². The summed E-state index contributed by atoms with van der Waals surface area (Å²) in [5.74, 6) is 0. The Balaban J connectivity index is 2.24. The zero-order valence-electron chi connectivity index (χ0n) is 11.3. The molecule has 1 aromatic heterocycles. The van der Waals surface area contributed by atoms with Gasteiger partial charge in [-0.15, -0.1) is 0 Å². The Morgan fingerprint density at radius 2 is 2.22 bits per heavy atom. The van der Waals surface area contributed by atoms with Gasteiger partial charge in [0, 0.05) is 32.7 Å². The van der Waals surface area contributed by atoms with Crippen LogP contribution in [-0.2, 0) is 9.47 Å². The van der Waals surface area contributed by atoms with Crippen LogP contribution in [0, 0.1) is 0 Å². The van der Waals surface area contributed by atoms with Gasteiger partial charge in [0.2, 0.25) is 0 Å². The summed E-state index contributed by atoms with van der Waals surface area (Å²) in [6.07, 6.45) is 1.93. The number of thiophene rings is 1. The summed E-state index contributed by atoms with van der Waals surface area (Å²) in [7, 11) is 0. The molecule has 1 aliphatic heterocycles. The molecule has 1 saturated heterocycles. The maximum atomic E-state index is 6.17. The number of rotatable bonds is 6. The molecule has 0 aromatic carbocycles. The van der Waals surface area contributed by atoms with Crippen LogP contribution < -0.4 is 5.32 Å². The van der Waals surface area contributed by atoms with Gasteiger partial charge in [-0.1, -0.05) is 6.92 Å². The average molecular weight is 269 g/mol. The second-order valence-electron chi connectivity index (χ2n) is 4.66. The maximum Gasteiger partial charge on any atom is 0.0920 e. The molecule has 0 radical (unpaired) electrons. The molecule has 4 heteroatoms. The Bertz CT molecular complexity index is 328. The zero-order valence-corrected chi connectivity index (χ0v) is 12.1. The van der Waals surface area contributed by atoms with Gasteiger partial charge in [-0.05, 0) is 35.9 Å². The molecular formula is C14H23NO2S. The van der Waals surface area contributed by atoms with Crippen molar-refractivity contribution in [2.45, 2.75) is 38.3 Å². The van der Waals surface area contributed by atoms with E-state index in [4.69, 9.17) is 9.47 Å². The van der Waals surface area contributed by atoms with E-state index in [0.717, 1.165) is 39.2 Å².